The highest BCUT2D eigenvalue weighted by atomic mass is 16.2. The number of hydrogen-bond donors (Lipinski definition) is 1. The summed E-state index contributed by atoms with van der Waals surface area (Å²) >= 11 is 0. The molecule has 1 N–H and O–H groups in total. The van der Waals surface area contributed by atoms with E-state index in [-0.39, 0.29) is 5.91 Å². The molecule has 1 saturated carbocycles. The molecule has 2 aromatic rings. The molecule has 122 valence electrons. The number of fused-ring (bicyclic) bond motifs is 1. The van der Waals surface area contributed by atoms with Crippen molar-refractivity contribution < 1.29 is 4.79 Å². The van der Waals surface area contributed by atoms with E-state index in [1.54, 1.807) is 6.33 Å². The van der Waals surface area contributed by atoms with Crippen LogP contribution in [0.25, 0.3) is 11.2 Å². The molecule has 3 heterocycles. The molecule has 1 unspecified atom stereocenters. The fraction of sp³-hybridized carbons (Fsp3) is 0.611. The van der Waals surface area contributed by atoms with Gasteiger partial charge < -0.3 is 9.88 Å². The van der Waals surface area contributed by atoms with E-state index in [1.807, 2.05) is 17.0 Å². The van der Waals surface area contributed by atoms with Crippen LogP contribution in [0.1, 0.15) is 55.9 Å². The summed E-state index contributed by atoms with van der Waals surface area (Å²) < 4.78 is 0. The van der Waals surface area contributed by atoms with E-state index < -0.39 is 0 Å². The minimum atomic E-state index is 0.0618. The molecule has 1 aliphatic carbocycles. The van der Waals surface area contributed by atoms with Crippen molar-refractivity contribution in [3.05, 3.63) is 24.2 Å². The second-order valence-electron chi connectivity index (χ2n) is 7.31. The molecular weight excluding hydrogens is 288 g/mol. The summed E-state index contributed by atoms with van der Waals surface area (Å²) in [7, 11) is 0. The van der Waals surface area contributed by atoms with Gasteiger partial charge in [0.25, 0.3) is 5.91 Å². The fourth-order valence-corrected chi connectivity index (χ4v) is 4.45. The van der Waals surface area contributed by atoms with Gasteiger partial charge in [0.1, 0.15) is 5.69 Å². The Hall–Kier alpha value is -1.91. The largest absolute Gasteiger partial charge is 0.343 e. The van der Waals surface area contributed by atoms with E-state index in [9.17, 15) is 4.79 Å². The number of carbonyl (C=O) groups excluding carboxylic acids is 1. The van der Waals surface area contributed by atoms with E-state index >= 15 is 0 Å². The van der Waals surface area contributed by atoms with Gasteiger partial charge in [-0.05, 0) is 42.7 Å². The molecule has 1 aliphatic heterocycles. The maximum Gasteiger partial charge on any atom is 0.272 e. The molecule has 1 amide bonds. The van der Waals surface area contributed by atoms with Gasteiger partial charge in [0, 0.05) is 13.1 Å². The van der Waals surface area contributed by atoms with Gasteiger partial charge in [-0.15, -0.1) is 0 Å². The second-order valence-corrected chi connectivity index (χ2v) is 7.31. The molecule has 5 heteroatoms. The van der Waals surface area contributed by atoms with Gasteiger partial charge >= 0.3 is 0 Å². The minimum Gasteiger partial charge on any atom is -0.343 e. The van der Waals surface area contributed by atoms with Gasteiger partial charge in [0.15, 0.2) is 5.65 Å². The first-order valence-corrected chi connectivity index (χ1v) is 8.77. The summed E-state index contributed by atoms with van der Waals surface area (Å²) in [6.45, 7) is 4.12. The molecule has 0 aromatic carbocycles. The molecule has 1 atom stereocenters. The van der Waals surface area contributed by atoms with Crippen LogP contribution in [0.4, 0.5) is 0 Å². The lowest BCUT2D eigenvalue weighted by molar-refractivity contribution is 0.00655. The van der Waals surface area contributed by atoms with Crippen molar-refractivity contribution in [3.8, 4) is 0 Å². The predicted octanol–water partition coefficient (Wildman–Crippen LogP) is 3.39. The van der Waals surface area contributed by atoms with E-state index in [0.717, 1.165) is 25.0 Å². The highest BCUT2D eigenvalue weighted by Crippen LogP contribution is 2.46. The molecule has 0 radical (unpaired) electrons. The van der Waals surface area contributed by atoms with E-state index in [4.69, 9.17) is 0 Å². The third kappa shape index (κ3) is 2.52. The fourth-order valence-electron chi connectivity index (χ4n) is 4.45. The van der Waals surface area contributed by atoms with Gasteiger partial charge in [-0.25, -0.2) is 9.97 Å². The first kappa shape index (κ1) is 14.7. The first-order chi connectivity index (χ1) is 11.2. The zero-order valence-corrected chi connectivity index (χ0v) is 13.7. The SMILES string of the molecule is CC1CCN(C(=O)c2ccc3[nH]cnc3n2)CC12CCCCC2. The predicted molar refractivity (Wildman–Crippen MR) is 89.1 cm³/mol. The maximum atomic E-state index is 12.9. The van der Waals surface area contributed by atoms with Gasteiger partial charge in [-0.2, -0.15) is 0 Å². The highest BCUT2D eigenvalue weighted by molar-refractivity contribution is 5.94. The molecule has 4 rings (SSSR count). The summed E-state index contributed by atoms with van der Waals surface area (Å²) in [5.74, 6) is 0.778. The molecule has 0 bridgehead atoms. The number of nitrogens with one attached hydrogen (secondary N) is 1. The first-order valence-electron chi connectivity index (χ1n) is 8.77. The lowest BCUT2D eigenvalue weighted by Crippen LogP contribution is -2.51. The van der Waals surface area contributed by atoms with Crippen molar-refractivity contribution in [2.45, 2.75) is 45.4 Å². The lowest BCUT2D eigenvalue weighted by Gasteiger charge is -2.49. The van der Waals surface area contributed by atoms with Crippen LogP contribution in [0.5, 0.6) is 0 Å². The number of hydrogen-bond acceptors (Lipinski definition) is 3. The van der Waals surface area contributed by atoms with Crippen LogP contribution in [0.3, 0.4) is 0 Å². The second kappa shape index (κ2) is 5.62. The Bertz CT molecular complexity index is 717. The maximum absolute atomic E-state index is 12.9. The molecule has 1 saturated heterocycles. The average Bonchev–Trinajstić information content (AvgIpc) is 3.05. The van der Waals surface area contributed by atoms with Crippen molar-refractivity contribution in [2.24, 2.45) is 11.3 Å². The quantitative estimate of drug-likeness (QED) is 0.878. The summed E-state index contributed by atoms with van der Waals surface area (Å²) in [5, 5.41) is 0. The number of rotatable bonds is 1. The molecule has 23 heavy (non-hydrogen) atoms. The normalized spacial score (nSPS) is 24.2. The summed E-state index contributed by atoms with van der Waals surface area (Å²) in [5.41, 5.74) is 2.35. The zero-order valence-electron chi connectivity index (χ0n) is 13.7. The summed E-state index contributed by atoms with van der Waals surface area (Å²) in [4.78, 5) is 26.6. The minimum absolute atomic E-state index is 0.0618. The number of H-pyrrole nitrogens is 1. The molecule has 5 nitrogen and oxygen atoms in total. The molecule has 2 fully saturated rings. The Labute approximate surface area is 136 Å². The third-order valence-electron chi connectivity index (χ3n) is 6.02. The third-order valence-corrected chi connectivity index (χ3v) is 6.02. The number of nitrogens with zero attached hydrogens (tertiary/aromatic N) is 3. The monoisotopic (exact) mass is 312 g/mol. The van der Waals surface area contributed by atoms with E-state index in [0.29, 0.717) is 22.7 Å². The number of aromatic amines is 1. The standard InChI is InChI=1S/C18H24N4O/c1-13-7-10-22(11-18(13)8-3-2-4-9-18)17(23)15-6-5-14-16(21-15)20-12-19-14/h5-6,12-13H,2-4,7-11H2,1H3,(H,19,20,21). The molecule has 1 spiro atoms. The lowest BCUT2D eigenvalue weighted by atomic mass is 9.63. The topological polar surface area (TPSA) is 61.9 Å². The van der Waals surface area contributed by atoms with Crippen LogP contribution in [0.15, 0.2) is 18.5 Å². The Morgan fingerprint density at radius 2 is 2.13 bits per heavy atom. The number of amides is 1. The van der Waals surface area contributed by atoms with Crippen LogP contribution >= 0.6 is 0 Å². The number of pyridine rings is 1. The Balaban J connectivity index is 1.58. The van der Waals surface area contributed by atoms with Crippen LogP contribution in [-0.2, 0) is 0 Å². The van der Waals surface area contributed by atoms with Crippen molar-refractivity contribution in [1.29, 1.82) is 0 Å². The zero-order chi connectivity index (χ0) is 15.9. The number of carbonyl (C=O) groups is 1. The number of piperidine rings is 1. The summed E-state index contributed by atoms with van der Waals surface area (Å²) in [6.07, 6.45) is 9.23. The molecule has 2 aromatic heterocycles. The van der Waals surface area contributed by atoms with Crippen LogP contribution in [0.2, 0.25) is 0 Å². The van der Waals surface area contributed by atoms with Crippen molar-refractivity contribution in [2.75, 3.05) is 13.1 Å². The Morgan fingerprint density at radius 1 is 1.30 bits per heavy atom. The smallest absolute Gasteiger partial charge is 0.272 e. The summed E-state index contributed by atoms with van der Waals surface area (Å²) in [6, 6.07) is 3.71. The van der Waals surface area contributed by atoms with Crippen LogP contribution in [0, 0.1) is 11.3 Å². The van der Waals surface area contributed by atoms with E-state index in [2.05, 4.69) is 21.9 Å². The van der Waals surface area contributed by atoms with Crippen molar-refractivity contribution >= 4 is 17.1 Å². The molecule has 2 aliphatic rings. The van der Waals surface area contributed by atoms with Gasteiger partial charge in [0.2, 0.25) is 0 Å². The van der Waals surface area contributed by atoms with E-state index in [1.165, 1.54) is 32.1 Å². The van der Waals surface area contributed by atoms with Gasteiger partial charge in [-0.1, -0.05) is 26.2 Å². The van der Waals surface area contributed by atoms with Gasteiger partial charge in [-0.3, -0.25) is 4.79 Å². The number of likely N-dealkylation sites (tertiary alicyclic amines) is 1. The number of aromatic nitrogens is 3. The number of imidazole rings is 1. The van der Waals surface area contributed by atoms with Crippen LogP contribution in [-0.4, -0.2) is 38.8 Å². The highest BCUT2D eigenvalue weighted by Gasteiger charge is 2.43. The van der Waals surface area contributed by atoms with Crippen LogP contribution < -0.4 is 0 Å². The van der Waals surface area contributed by atoms with Crippen molar-refractivity contribution in [1.82, 2.24) is 19.9 Å². The van der Waals surface area contributed by atoms with Gasteiger partial charge in [0.05, 0.1) is 11.8 Å². The molecular formula is C18H24N4O. The Kier molecular flexibility index (Phi) is 3.58. The average molecular weight is 312 g/mol. The van der Waals surface area contributed by atoms with Crippen molar-refractivity contribution in [3.63, 3.8) is 0 Å². The Morgan fingerprint density at radius 3 is 2.96 bits per heavy atom.